The lowest BCUT2D eigenvalue weighted by Gasteiger charge is -2.10. The van der Waals surface area contributed by atoms with Gasteiger partial charge >= 0.3 is 0 Å². The van der Waals surface area contributed by atoms with Crippen molar-refractivity contribution in [3.63, 3.8) is 0 Å². The highest BCUT2D eigenvalue weighted by atomic mass is 16.5. The van der Waals surface area contributed by atoms with E-state index in [0.29, 0.717) is 0 Å². The predicted molar refractivity (Wildman–Crippen MR) is 51.4 cm³/mol. The molecule has 1 aromatic rings. The summed E-state index contributed by atoms with van der Waals surface area (Å²) >= 11 is 0. The van der Waals surface area contributed by atoms with E-state index >= 15 is 0 Å². The predicted octanol–water partition coefficient (Wildman–Crippen LogP) is 2.81. The molecule has 0 bridgehead atoms. The molecule has 0 N–H and O–H groups in total. The summed E-state index contributed by atoms with van der Waals surface area (Å²) < 4.78 is 5.50. The maximum atomic E-state index is 5.50. The van der Waals surface area contributed by atoms with E-state index in [1.165, 1.54) is 0 Å². The lowest BCUT2D eigenvalue weighted by atomic mass is 10.3. The van der Waals surface area contributed by atoms with Gasteiger partial charge in [-0.1, -0.05) is 12.1 Å². The fourth-order valence-corrected chi connectivity index (χ4v) is 0.941. The Balaban J connectivity index is 2.89. The van der Waals surface area contributed by atoms with Crippen molar-refractivity contribution in [1.29, 1.82) is 0 Å². The second-order valence-corrected chi connectivity index (χ2v) is 2.79. The highest BCUT2D eigenvalue weighted by Crippen LogP contribution is 2.26. The second kappa shape index (κ2) is 3.90. The van der Waals surface area contributed by atoms with Crippen LogP contribution in [-0.4, -0.2) is 12.8 Å². The molecule has 64 valence electrons. The van der Waals surface area contributed by atoms with Gasteiger partial charge in [-0.25, -0.2) is 0 Å². The molecule has 0 spiro atoms. The van der Waals surface area contributed by atoms with Crippen LogP contribution in [-0.2, 0) is 0 Å². The number of rotatable bonds is 3. The zero-order chi connectivity index (χ0) is 8.97. The van der Waals surface area contributed by atoms with Crippen molar-refractivity contribution in [2.45, 2.75) is 20.0 Å². The normalized spacial score (nSPS) is 9.92. The first kappa shape index (κ1) is 8.78. The van der Waals surface area contributed by atoms with E-state index in [9.17, 15) is 0 Å². The van der Waals surface area contributed by atoms with Crippen molar-refractivity contribution in [1.82, 2.24) is 0 Å². The van der Waals surface area contributed by atoms with E-state index in [4.69, 9.17) is 4.74 Å². The molecule has 0 radical (unpaired) electrons. The molecule has 2 heteroatoms. The molecule has 0 saturated carbocycles. The summed E-state index contributed by atoms with van der Waals surface area (Å²) in [6.07, 6.45) is 0.174. The molecule has 0 unspecified atom stereocenters. The van der Waals surface area contributed by atoms with Crippen LogP contribution in [0.3, 0.4) is 0 Å². The third-order valence-electron chi connectivity index (χ3n) is 1.40. The van der Waals surface area contributed by atoms with Gasteiger partial charge in [-0.05, 0) is 32.7 Å². The third-order valence-corrected chi connectivity index (χ3v) is 1.40. The van der Waals surface area contributed by atoms with Crippen LogP contribution in [0.2, 0.25) is 0 Å². The number of para-hydroxylation sites is 2. The number of benzene rings is 1. The average Bonchev–Trinajstić information content (AvgIpc) is 2.04. The molecule has 0 fully saturated rings. The van der Waals surface area contributed by atoms with Gasteiger partial charge < -0.3 is 4.74 Å². The Bertz CT molecular complexity index is 268. The minimum Gasteiger partial charge on any atom is -0.489 e. The summed E-state index contributed by atoms with van der Waals surface area (Å²) in [5.74, 6) is 0.794. The Hall–Kier alpha value is -1.31. The maximum absolute atomic E-state index is 5.50. The van der Waals surface area contributed by atoms with Gasteiger partial charge in [0.1, 0.15) is 11.4 Å². The molecule has 0 aliphatic carbocycles. The Morgan fingerprint density at radius 1 is 1.33 bits per heavy atom. The van der Waals surface area contributed by atoms with Crippen molar-refractivity contribution in [2.24, 2.45) is 4.99 Å². The van der Waals surface area contributed by atoms with Gasteiger partial charge in [0.25, 0.3) is 0 Å². The molecule has 12 heavy (non-hydrogen) atoms. The maximum Gasteiger partial charge on any atom is 0.145 e. The Morgan fingerprint density at radius 2 is 2.00 bits per heavy atom. The van der Waals surface area contributed by atoms with Gasteiger partial charge in [0, 0.05) is 0 Å². The monoisotopic (exact) mass is 163 g/mol. The molecule has 1 aromatic carbocycles. The second-order valence-electron chi connectivity index (χ2n) is 2.79. The van der Waals surface area contributed by atoms with Crippen molar-refractivity contribution < 1.29 is 4.74 Å². The first-order valence-electron chi connectivity index (χ1n) is 3.96. The van der Waals surface area contributed by atoms with Gasteiger partial charge in [0.05, 0.1) is 6.10 Å². The number of aliphatic imine (C=N–C) groups is 1. The highest BCUT2D eigenvalue weighted by Gasteiger charge is 2.01. The summed E-state index contributed by atoms with van der Waals surface area (Å²) in [6, 6.07) is 7.61. The Labute approximate surface area is 72.9 Å². The van der Waals surface area contributed by atoms with Gasteiger partial charge in [-0.2, -0.15) is 0 Å². The average molecular weight is 163 g/mol. The first-order valence-corrected chi connectivity index (χ1v) is 3.96. The topological polar surface area (TPSA) is 21.6 Å². The zero-order valence-electron chi connectivity index (χ0n) is 7.45. The molecule has 0 aromatic heterocycles. The highest BCUT2D eigenvalue weighted by molar-refractivity contribution is 5.55. The molecule has 2 nitrogen and oxygen atoms in total. The van der Waals surface area contributed by atoms with Crippen LogP contribution in [0.15, 0.2) is 29.3 Å². The van der Waals surface area contributed by atoms with Crippen LogP contribution in [0.1, 0.15) is 13.8 Å². The summed E-state index contributed by atoms with van der Waals surface area (Å²) in [5.41, 5.74) is 0.797. The largest absolute Gasteiger partial charge is 0.489 e. The van der Waals surface area contributed by atoms with Crippen molar-refractivity contribution in [3.8, 4) is 5.75 Å². The van der Waals surface area contributed by atoms with E-state index in [2.05, 4.69) is 11.7 Å². The van der Waals surface area contributed by atoms with Gasteiger partial charge in [-0.3, -0.25) is 4.99 Å². The summed E-state index contributed by atoms with van der Waals surface area (Å²) in [7, 11) is 0. The SMILES string of the molecule is C=Nc1ccccc1OC(C)C. The third kappa shape index (κ3) is 2.09. The van der Waals surface area contributed by atoms with Crippen LogP contribution in [0.25, 0.3) is 0 Å². The van der Waals surface area contributed by atoms with E-state index in [1.54, 1.807) is 0 Å². The summed E-state index contributed by atoms with van der Waals surface area (Å²) in [5, 5.41) is 0. The van der Waals surface area contributed by atoms with Crippen LogP contribution >= 0.6 is 0 Å². The molecule has 1 rings (SSSR count). The lowest BCUT2D eigenvalue weighted by molar-refractivity contribution is 0.243. The van der Waals surface area contributed by atoms with Crippen molar-refractivity contribution in [3.05, 3.63) is 24.3 Å². The molecule has 0 amide bonds. The molecule has 0 heterocycles. The van der Waals surface area contributed by atoms with Crippen molar-refractivity contribution >= 4 is 12.4 Å². The van der Waals surface area contributed by atoms with Crippen LogP contribution in [0.5, 0.6) is 5.75 Å². The minimum absolute atomic E-state index is 0.174. The van der Waals surface area contributed by atoms with Crippen LogP contribution in [0.4, 0.5) is 5.69 Å². The molecule has 0 aliphatic rings. The molecule has 0 aliphatic heterocycles. The molecular formula is C10H13NO. The Kier molecular flexibility index (Phi) is 2.86. The standard InChI is InChI=1S/C10H13NO/c1-8(2)12-10-7-5-4-6-9(10)11-3/h4-8H,3H2,1-2H3. The van der Waals surface area contributed by atoms with E-state index in [-0.39, 0.29) is 6.10 Å². The van der Waals surface area contributed by atoms with E-state index in [1.807, 2.05) is 38.1 Å². The quantitative estimate of drug-likeness (QED) is 0.628. The minimum atomic E-state index is 0.174. The molecular weight excluding hydrogens is 150 g/mol. The number of hydrogen-bond acceptors (Lipinski definition) is 2. The number of hydrogen-bond donors (Lipinski definition) is 0. The first-order chi connectivity index (χ1) is 5.74. The fraction of sp³-hybridized carbons (Fsp3) is 0.300. The lowest BCUT2D eigenvalue weighted by Crippen LogP contribution is -2.05. The van der Waals surface area contributed by atoms with Gasteiger partial charge in [-0.15, -0.1) is 0 Å². The van der Waals surface area contributed by atoms with E-state index in [0.717, 1.165) is 11.4 Å². The summed E-state index contributed by atoms with van der Waals surface area (Å²) in [4.78, 5) is 3.85. The van der Waals surface area contributed by atoms with E-state index < -0.39 is 0 Å². The number of nitrogens with zero attached hydrogens (tertiary/aromatic N) is 1. The zero-order valence-corrected chi connectivity index (χ0v) is 7.45. The molecule has 0 atom stereocenters. The van der Waals surface area contributed by atoms with Gasteiger partial charge in [0.15, 0.2) is 0 Å². The summed E-state index contributed by atoms with van der Waals surface area (Å²) in [6.45, 7) is 7.44. The smallest absolute Gasteiger partial charge is 0.145 e. The Morgan fingerprint density at radius 3 is 2.58 bits per heavy atom. The fourth-order valence-electron chi connectivity index (χ4n) is 0.941. The molecule has 0 saturated heterocycles. The van der Waals surface area contributed by atoms with Crippen LogP contribution in [0, 0.1) is 0 Å². The van der Waals surface area contributed by atoms with Crippen LogP contribution < -0.4 is 4.74 Å². The van der Waals surface area contributed by atoms with Crippen molar-refractivity contribution in [2.75, 3.05) is 0 Å². The number of ether oxygens (including phenoxy) is 1. The van der Waals surface area contributed by atoms with Gasteiger partial charge in [0.2, 0.25) is 0 Å².